The van der Waals surface area contributed by atoms with Crippen molar-refractivity contribution in [1.82, 2.24) is 14.9 Å². The molecule has 1 N–H and O–H groups in total. The lowest BCUT2D eigenvalue weighted by Crippen LogP contribution is -2.58. The van der Waals surface area contributed by atoms with E-state index in [2.05, 4.69) is 14.9 Å². The molecule has 0 bridgehead atoms. The van der Waals surface area contributed by atoms with Crippen LogP contribution in [0.1, 0.15) is 19.4 Å². The average Bonchev–Trinajstić information content (AvgIpc) is 2.32. The number of hydrogen-bond donors (Lipinski definition) is 1. The Morgan fingerprint density at radius 3 is 2.44 bits per heavy atom. The third kappa shape index (κ3) is 2.37. The maximum absolute atomic E-state index is 11.1. The number of rotatable bonds is 1. The van der Waals surface area contributed by atoms with Crippen LogP contribution in [0, 0.1) is 6.92 Å². The van der Waals surface area contributed by atoms with Crippen molar-refractivity contribution < 1.29 is 9.90 Å². The first-order valence-electron chi connectivity index (χ1n) is 6.04. The Morgan fingerprint density at radius 2 is 1.89 bits per heavy atom. The van der Waals surface area contributed by atoms with E-state index in [-0.39, 0.29) is 12.1 Å². The Hall–Kier alpha value is -1.85. The van der Waals surface area contributed by atoms with Gasteiger partial charge in [0.15, 0.2) is 0 Å². The number of hydrogen-bond acceptors (Lipinski definition) is 4. The van der Waals surface area contributed by atoms with Crippen molar-refractivity contribution in [3.63, 3.8) is 0 Å². The molecule has 0 saturated carbocycles. The fraction of sp³-hybridized carbons (Fsp3) is 0.583. The smallest absolute Gasteiger partial charge is 0.407 e. The summed E-state index contributed by atoms with van der Waals surface area (Å²) in [6.45, 7) is 6.94. The highest BCUT2D eigenvalue weighted by Crippen LogP contribution is 2.19. The standard InChI is InChI=1S/C12H18N4O2/c1-8-4-13-11(14-5-8)15-6-10(3)16(12(17)18)7-9(15)2/h4-5,9-10H,6-7H2,1-3H3,(H,17,18)/t9-,10+/m0/s1. The molecule has 1 aliphatic rings. The first-order chi connectivity index (χ1) is 8.49. The van der Waals surface area contributed by atoms with Crippen molar-refractivity contribution >= 4 is 12.0 Å². The zero-order valence-corrected chi connectivity index (χ0v) is 10.9. The molecule has 1 aromatic rings. The highest BCUT2D eigenvalue weighted by atomic mass is 16.4. The molecule has 1 aromatic heterocycles. The quantitative estimate of drug-likeness (QED) is 0.815. The minimum absolute atomic E-state index is 0.0522. The van der Waals surface area contributed by atoms with Crippen LogP contribution in [0.2, 0.25) is 0 Å². The first-order valence-corrected chi connectivity index (χ1v) is 6.04. The van der Waals surface area contributed by atoms with Gasteiger partial charge in [-0.1, -0.05) is 0 Å². The largest absolute Gasteiger partial charge is 0.465 e. The van der Waals surface area contributed by atoms with Crippen LogP contribution in [-0.2, 0) is 0 Å². The normalized spacial score (nSPS) is 24.2. The molecule has 0 unspecified atom stereocenters. The van der Waals surface area contributed by atoms with E-state index >= 15 is 0 Å². The van der Waals surface area contributed by atoms with E-state index in [0.717, 1.165) is 5.56 Å². The molecule has 2 rings (SSSR count). The van der Waals surface area contributed by atoms with Crippen molar-refractivity contribution in [2.45, 2.75) is 32.9 Å². The number of piperazine rings is 1. The van der Waals surface area contributed by atoms with Crippen molar-refractivity contribution in [1.29, 1.82) is 0 Å². The monoisotopic (exact) mass is 250 g/mol. The summed E-state index contributed by atoms with van der Waals surface area (Å²) in [6, 6.07) is 0.0311. The fourth-order valence-corrected chi connectivity index (χ4v) is 2.21. The van der Waals surface area contributed by atoms with Crippen molar-refractivity contribution in [3.05, 3.63) is 18.0 Å². The number of anilines is 1. The summed E-state index contributed by atoms with van der Waals surface area (Å²) in [5.74, 6) is 0.671. The molecule has 1 fully saturated rings. The second kappa shape index (κ2) is 4.80. The maximum Gasteiger partial charge on any atom is 0.407 e. The molecule has 6 heteroatoms. The van der Waals surface area contributed by atoms with Crippen molar-refractivity contribution in [3.8, 4) is 0 Å². The second-order valence-electron chi connectivity index (χ2n) is 4.85. The van der Waals surface area contributed by atoms with Crippen molar-refractivity contribution in [2.75, 3.05) is 18.0 Å². The lowest BCUT2D eigenvalue weighted by Gasteiger charge is -2.42. The van der Waals surface area contributed by atoms with E-state index in [0.29, 0.717) is 19.0 Å². The molecule has 0 spiro atoms. The Morgan fingerprint density at radius 1 is 1.28 bits per heavy atom. The molecular formula is C12H18N4O2. The van der Waals surface area contributed by atoms with Crippen LogP contribution in [0.3, 0.4) is 0 Å². The number of aryl methyl sites for hydroxylation is 1. The highest BCUT2D eigenvalue weighted by molar-refractivity contribution is 5.66. The van der Waals surface area contributed by atoms with Gasteiger partial charge in [0.1, 0.15) is 0 Å². The fourth-order valence-electron chi connectivity index (χ4n) is 2.21. The van der Waals surface area contributed by atoms with Gasteiger partial charge < -0.3 is 14.9 Å². The van der Waals surface area contributed by atoms with Crippen LogP contribution in [-0.4, -0.2) is 51.2 Å². The number of amides is 1. The van der Waals surface area contributed by atoms with Gasteiger partial charge in [-0.05, 0) is 26.3 Å². The Labute approximate surface area is 106 Å². The summed E-state index contributed by atoms with van der Waals surface area (Å²) in [6.07, 6.45) is 2.70. The summed E-state index contributed by atoms with van der Waals surface area (Å²) < 4.78 is 0. The molecule has 0 radical (unpaired) electrons. The molecular weight excluding hydrogens is 232 g/mol. The van der Waals surface area contributed by atoms with Gasteiger partial charge in [-0.2, -0.15) is 0 Å². The molecule has 2 heterocycles. The van der Waals surface area contributed by atoms with Gasteiger partial charge in [-0.15, -0.1) is 0 Å². The van der Waals surface area contributed by atoms with E-state index < -0.39 is 6.09 Å². The maximum atomic E-state index is 11.1. The minimum atomic E-state index is -0.862. The summed E-state index contributed by atoms with van der Waals surface area (Å²) in [7, 11) is 0. The van der Waals surface area contributed by atoms with Crippen molar-refractivity contribution in [2.24, 2.45) is 0 Å². The minimum Gasteiger partial charge on any atom is -0.465 e. The molecule has 18 heavy (non-hydrogen) atoms. The molecule has 98 valence electrons. The van der Waals surface area contributed by atoms with E-state index in [4.69, 9.17) is 5.11 Å². The topological polar surface area (TPSA) is 69.6 Å². The predicted molar refractivity (Wildman–Crippen MR) is 67.8 cm³/mol. The van der Waals surface area contributed by atoms with E-state index in [1.165, 1.54) is 4.90 Å². The zero-order chi connectivity index (χ0) is 13.3. The molecule has 1 amide bonds. The Kier molecular flexibility index (Phi) is 3.36. The third-order valence-electron chi connectivity index (χ3n) is 3.26. The summed E-state index contributed by atoms with van der Waals surface area (Å²) in [4.78, 5) is 23.2. The number of aromatic nitrogens is 2. The van der Waals surface area contributed by atoms with Gasteiger partial charge >= 0.3 is 6.09 Å². The van der Waals surface area contributed by atoms with Gasteiger partial charge in [0.2, 0.25) is 5.95 Å². The zero-order valence-electron chi connectivity index (χ0n) is 10.9. The van der Waals surface area contributed by atoms with Gasteiger partial charge in [0.05, 0.1) is 0 Å². The Balaban J connectivity index is 2.16. The van der Waals surface area contributed by atoms with E-state index in [9.17, 15) is 4.79 Å². The second-order valence-corrected chi connectivity index (χ2v) is 4.85. The van der Waals surface area contributed by atoms with Crippen LogP contribution >= 0.6 is 0 Å². The SMILES string of the molecule is Cc1cnc(N2C[C@@H](C)N(C(=O)O)C[C@@H]2C)nc1. The third-order valence-corrected chi connectivity index (χ3v) is 3.26. The molecule has 6 nitrogen and oxygen atoms in total. The molecule has 1 saturated heterocycles. The van der Waals surface area contributed by atoms with Crippen LogP contribution in [0.15, 0.2) is 12.4 Å². The molecule has 0 aliphatic carbocycles. The Bertz CT molecular complexity index is 434. The van der Waals surface area contributed by atoms with Crippen LogP contribution in [0.5, 0.6) is 0 Å². The lowest BCUT2D eigenvalue weighted by molar-refractivity contribution is 0.114. The van der Waals surface area contributed by atoms with Crippen LogP contribution < -0.4 is 4.90 Å². The van der Waals surface area contributed by atoms with Gasteiger partial charge in [0.25, 0.3) is 0 Å². The molecule has 2 atom stereocenters. The average molecular weight is 250 g/mol. The summed E-state index contributed by atoms with van der Waals surface area (Å²) in [5.41, 5.74) is 1.02. The number of nitrogens with zero attached hydrogens (tertiary/aromatic N) is 4. The van der Waals surface area contributed by atoms with Gasteiger partial charge in [-0.3, -0.25) is 0 Å². The van der Waals surface area contributed by atoms with Crippen LogP contribution in [0.25, 0.3) is 0 Å². The highest BCUT2D eigenvalue weighted by Gasteiger charge is 2.32. The summed E-state index contributed by atoms with van der Waals surface area (Å²) >= 11 is 0. The predicted octanol–water partition coefficient (Wildman–Crippen LogP) is 1.36. The molecule has 0 aromatic carbocycles. The summed E-state index contributed by atoms with van der Waals surface area (Å²) in [5, 5.41) is 9.10. The van der Waals surface area contributed by atoms with Crippen LogP contribution in [0.4, 0.5) is 10.7 Å². The van der Waals surface area contributed by atoms with E-state index in [1.807, 2.05) is 20.8 Å². The number of carboxylic acid groups (broad SMARTS) is 1. The van der Waals surface area contributed by atoms with Gasteiger partial charge in [0, 0.05) is 37.6 Å². The van der Waals surface area contributed by atoms with E-state index in [1.54, 1.807) is 12.4 Å². The van der Waals surface area contributed by atoms with Gasteiger partial charge in [-0.25, -0.2) is 14.8 Å². The molecule has 1 aliphatic heterocycles. The lowest BCUT2D eigenvalue weighted by atomic mass is 10.1. The first kappa shape index (κ1) is 12.6. The number of carbonyl (C=O) groups is 1.